The van der Waals surface area contributed by atoms with Gasteiger partial charge in [-0.2, -0.15) is 22.0 Å². The number of carbonyl (C=O) groups excluding carboxylic acids is 2. The molecule has 0 aliphatic rings. The highest BCUT2D eigenvalue weighted by molar-refractivity contribution is 7.21. The summed E-state index contributed by atoms with van der Waals surface area (Å²) in [5.74, 6) is -15.7. The van der Waals surface area contributed by atoms with Crippen LogP contribution in [0, 0.1) is 36.0 Å². The molecule has 2 aromatic carbocycles. The minimum atomic E-state index is -4.85. The number of pyridine rings is 1. The van der Waals surface area contributed by atoms with Gasteiger partial charge in [0.2, 0.25) is 29.1 Å². The van der Waals surface area contributed by atoms with Gasteiger partial charge in [-0.25, -0.2) is 18.2 Å². The molecule has 228 valence electrons. The van der Waals surface area contributed by atoms with Gasteiger partial charge in [0.15, 0.2) is 11.5 Å². The molecule has 0 bridgehead atoms. The minimum Gasteiger partial charge on any atom is -0.479 e. The Balaban J connectivity index is 1.50. The van der Waals surface area contributed by atoms with Crippen LogP contribution < -0.4 is 15.8 Å². The largest absolute Gasteiger partial charge is 0.479 e. The number of ether oxygens (including phenoxy) is 1. The number of rotatable bonds is 7. The normalized spacial score (nSPS) is 11.7. The maximum atomic E-state index is 13.9. The molecule has 0 radical (unpaired) electrons. The number of fused-ring (bicyclic) bond motifs is 1. The van der Waals surface area contributed by atoms with Crippen molar-refractivity contribution < 1.29 is 53.9 Å². The van der Waals surface area contributed by atoms with E-state index < -0.39 is 70.9 Å². The SMILES string of the molecule is Cc1ccc(-c2cc(C(F)(F)F)nc3sc(C(N)=O)c(NC(=O)c4ccc(COc5c(F)c(F)c(F)c(F)c5F)o4)c23)cc1. The van der Waals surface area contributed by atoms with Crippen LogP contribution in [0.1, 0.15) is 37.2 Å². The lowest BCUT2D eigenvalue weighted by Crippen LogP contribution is -2.16. The van der Waals surface area contributed by atoms with Crippen molar-refractivity contribution in [2.75, 3.05) is 5.32 Å². The first-order chi connectivity index (χ1) is 20.7. The van der Waals surface area contributed by atoms with E-state index in [4.69, 9.17) is 14.9 Å². The number of furan rings is 1. The predicted molar refractivity (Wildman–Crippen MR) is 141 cm³/mol. The lowest BCUT2D eigenvalue weighted by Gasteiger charge is -2.12. The molecule has 3 N–H and O–H groups in total. The van der Waals surface area contributed by atoms with Crippen LogP contribution in [0.25, 0.3) is 21.3 Å². The molecule has 7 nitrogen and oxygen atoms in total. The van der Waals surface area contributed by atoms with Crippen molar-refractivity contribution in [2.24, 2.45) is 5.73 Å². The molecule has 5 rings (SSSR count). The molecule has 16 heteroatoms. The van der Waals surface area contributed by atoms with E-state index >= 15 is 0 Å². The first-order valence-corrected chi connectivity index (χ1v) is 12.9. The molecule has 0 atom stereocenters. The van der Waals surface area contributed by atoms with Gasteiger partial charge in [0, 0.05) is 5.39 Å². The number of aromatic nitrogens is 1. The summed E-state index contributed by atoms with van der Waals surface area (Å²) in [6, 6.07) is 9.30. The van der Waals surface area contributed by atoms with Crippen LogP contribution >= 0.6 is 11.3 Å². The molecule has 0 fully saturated rings. The zero-order chi connectivity index (χ0) is 32.1. The summed E-state index contributed by atoms with van der Waals surface area (Å²) in [5, 5.41) is 2.37. The standard InChI is InChI=1S/C28H15F8N3O4S/c1-10-2-4-11(5-3-10)13-8-15(28(34,35)36)38-27-16(13)22(24(44-27)25(37)40)39-26(41)14-7-6-12(43-14)9-42-23-20(32)18(30)17(29)19(31)21(23)33/h2-8H,9H2,1H3,(H2,37,40)(H,39,41). The summed E-state index contributed by atoms with van der Waals surface area (Å²) in [6.07, 6.45) is -4.85. The second kappa shape index (κ2) is 11.3. The number of benzene rings is 2. The monoisotopic (exact) mass is 641 g/mol. The van der Waals surface area contributed by atoms with Gasteiger partial charge in [-0.3, -0.25) is 9.59 Å². The number of anilines is 1. The summed E-state index contributed by atoms with van der Waals surface area (Å²) in [5.41, 5.74) is 5.07. The van der Waals surface area contributed by atoms with Gasteiger partial charge >= 0.3 is 6.18 Å². The molecule has 0 aliphatic heterocycles. The first-order valence-electron chi connectivity index (χ1n) is 12.1. The van der Waals surface area contributed by atoms with Crippen LogP contribution in [0.3, 0.4) is 0 Å². The molecule has 0 unspecified atom stereocenters. The average Bonchev–Trinajstić information content (AvgIpc) is 3.60. The van der Waals surface area contributed by atoms with Gasteiger partial charge in [0.1, 0.15) is 27.8 Å². The van der Waals surface area contributed by atoms with Crippen molar-refractivity contribution >= 4 is 39.1 Å². The summed E-state index contributed by atoms with van der Waals surface area (Å²) in [4.78, 5) is 28.5. The predicted octanol–water partition coefficient (Wildman–Crippen LogP) is 7.51. The van der Waals surface area contributed by atoms with Gasteiger partial charge in [-0.15, -0.1) is 11.3 Å². The van der Waals surface area contributed by atoms with Crippen molar-refractivity contribution in [2.45, 2.75) is 19.7 Å². The van der Waals surface area contributed by atoms with Gasteiger partial charge in [-0.1, -0.05) is 29.8 Å². The van der Waals surface area contributed by atoms with E-state index in [0.29, 0.717) is 16.9 Å². The Morgan fingerprint density at radius 2 is 1.57 bits per heavy atom. The number of aryl methyl sites for hydroxylation is 1. The van der Waals surface area contributed by atoms with Crippen LogP contribution in [0.4, 0.5) is 40.8 Å². The maximum absolute atomic E-state index is 13.9. The van der Waals surface area contributed by atoms with E-state index in [-0.39, 0.29) is 32.1 Å². The number of primary amides is 1. The number of hydrogen-bond donors (Lipinski definition) is 2. The van der Waals surface area contributed by atoms with Gasteiger partial charge < -0.3 is 20.2 Å². The van der Waals surface area contributed by atoms with E-state index in [1.165, 1.54) is 0 Å². The zero-order valence-corrected chi connectivity index (χ0v) is 22.7. The smallest absolute Gasteiger partial charge is 0.433 e. The Hall–Kier alpha value is -4.99. The van der Waals surface area contributed by atoms with E-state index in [9.17, 15) is 44.7 Å². The second-order valence-electron chi connectivity index (χ2n) is 9.18. The molecule has 0 saturated heterocycles. The third-order valence-electron chi connectivity index (χ3n) is 6.19. The number of halogens is 8. The van der Waals surface area contributed by atoms with Gasteiger partial charge in [-0.05, 0) is 36.2 Å². The molecule has 5 aromatic rings. The molecule has 3 heterocycles. The highest BCUT2D eigenvalue weighted by Crippen LogP contribution is 2.44. The molecule has 0 saturated carbocycles. The van der Waals surface area contributed by atoms with Crippen molar-refractivity contribution in [3.63, 3.8) is 0 Å². The van der Waals surface area contributed by atoms with Gasteiger partial charge in [0.25, 0.3) is 11.8 Å². The van der Waals surface area contributed by atoms with Crippen molar-refractivity contribution in [1.29, 1.82) is 0 Å². The van der Waals surface area contributed by atoms with E-state index in [2.05, 4.69) is 10.3 Å². The molecule has 0 spiro atoms. The number of nitrogens with two attached hydrogens (primary N) is 1. The summed E-state index contributed by atoms with van der Waals surface area (Å²) < 4.78 is 119. The number of hydrogen-bond acceptors (Lipinski definition) is 6. The number of thiophene rings is 1. The lowest BCUT2D eigenvalue weighted by atomic mass is 10.00. The highest BCUT2D eigenvalue weighted by atomic mass is 32.1. The Morgan fingerprint density at radius 1 is 0.955 bits per heavy atom. The second-order valence-corrected chi connectivity index (χ2v) is 10.2. The van der Waals surface area contributed by atoms with Crippen molar-refractivity contribution in [3.8, 4) is 16.9 Å². The maximum Gasteiger partial charge on any atom is 0.433 e. The number of nitrogens with one attached hydrogen (secondary N) is 1. The van der Waals surface area contributed by atoms with Crippen LogP contribution in [0.5, 0.6) is 5.75 Å². The summed E-state index contributed by atoms with van der Waals surface area (Å²) in [7, 11) is 0. The molecular formula is C28H15F8N3O4S. The quantitative estimate of drug-likeness (QED) is 0.109. The Bertz CT molecular complexity index is 1920. The summed E-state index contributed by atoms with van der Waals surface area (Å²) >= 11 is 0.518. The highest BCUT2D eigenvalue weighted by Gasteiger charge is 2.35. The van der Waals surface area contributed by atoms with Crippen molar-refractivity contribution in [1.82, 2.24) is 4.98 Å². The zero-order valence-electron chi connectivity index (χ0n) is 21.8. The molecule has 2 amide bonds. The first kappa shape index (κ1) is 30.5. The topological polar surface area (TPSA) is 107 Å². The molecular weight excluding hydrogens is 626 g/mol. The Kier molecular flexibility index (Phi) is 7.79. The molecule has 3 aromatic heterocycles. The van der Waals surface area contributed by atoms with Gasteiger partial charge in [0.05, 0.1) is 5.69 Å². The number of carbonyl (C=O) groups is 2. The van der Waals surface area contributed by atoms with E-state index in [1.54, 1.807) is 31.2 Å². The Morgan fingerprint density at radius 3 is 2.16 bits per heavy atom. The van der Waals surface area contributed by atoms with E-state index in [0.717, 1.165) is 23.8 Å². The van der Waals surface area contributed by atoms with Crippen LogP contribution in [-0.4, -0.2) is 16.8 Å². The van der Waals surface area contributed by atoms with E-state index in [1.807, 2.05) is 0 Å². The third-order valence-corrected chi connectivity index (χ3v) is 7.29. The fourth-order valence-corrected chi connectivity index (χ4v) is 5.11. The number of nitrogens with zero attached hydrogens (tertiary/aromatic N) is 1. The lowest BCUT2D eigenvalue weighted by molar-refractivity contribution is -0.140. The third kappa shape index (κ3) is 5.55. The van der Waals surface area contributed by atoms with Crippen LogP contribution in [-0.2, 0) is 12.8 Å². The Labute approximate surface area is 244 Å². The fraction of sp³-hybridized carbons (Fsp3) is 0.107. The molecule has 44 heavy (non-hydrogen) atoms. The van der Waals surface area contributed by atoms with Crippen LogP contribution in [0.15, 0.2) is 46.9 Å². The average molecular weight is 641 g/mol. The number of alkyl halides is 3. The van der Waals surface area contributed by atoms with Crippen molar-refractivity contribution in [3.05, 3.63) is 99.2 Å². The minimum absolute atomic E-state index is 0.0160. The summed E-state index contributed by atoms with van der Waals surface area (Å²) in [6.45, 7) is 0.891. The van der Waals surface area contributed by atoms with Crippen LogP contribution in [0.2, 0.25) is 0 Å². The number of amides is 2. The fourth-order valence-electron chi connectivity index (χ4n) is 4.10. The molecule has 0 aliphatic carbocycles.